The van der Waals surface area contributed by atoms with Gasteiger partial charge in [-0.1, -0.05) is 0 Å². The zero-order valence-corrected chi connectivity index (χ0v) is 17.1. The maximum Gasteiger partial charge on any atom is 0.256 e. The minimum absolute atomic E-state index is 0.0576. The molecule has 0 aliphatic rings. The quantitative estimate of drug-likeness (QED) is 0.545. The Hall–Kier alpha value is -3.14. The molecule has 0 aliphatic heterocycles. The normalized spacial score (nSPS) is 12.9. The number of anilines is 1. The van der Waals surface area contributed by atoms with Crippen LogP contribution < -0.4 is 10.6 Å². The van der Waals surface area contributed by atoms with Crippen LogP contribution in [-0.4, -0.2) is 55.0 Å². The Labute approximate surface area is 172 Å². The van der Waals surface area contributed by atoms with E-state index in [-0.39, 0.29) is 23.7 Å². The van der Waals surface area contributed by atoms with Crippen LogP contribution in [0.3, 0.4) is 0 Å². The number of nitrogens with zero attached hydrogens (tertiary/aromatic N) is 4. The number of hydrogen-bond acceptors (Lipinski definition) is 6. The van der Waals surface area contributed by atoms with E-state index in [0.717, 1.165) is 6.20 Å². The fourth-order valence-electron chi connectivity index (χ4n) is 2.75. The van der Waals surface area contributed by atoms with Crippen LogP contribution >= 0.6 is 0 Å². The molecule has 8 nitrogen and oxygen atoms in total. The van der Waals surface area contributed by atoms with Gasteiger partial charge >= 0.3 is 0 Å². The Bertz CT molecular complexity index is 1060. The summed E-state index contributed by atoms with van der Waals surface area (Å²) < 4.78 is 29.6. The molecule has 3 N–H and O–H groups in total. The first-order valence-electron chi connectivity index (χ1n) is 9.47. The summed E-state index contributed by atoms with van der Waals surface area (Å²) in [6.07, 6.45) is 2.25. The summed E-state index contributed by atoms with van der Waals surface area (Å²) >= 11 is 0. The van der Waals surface area contributed by atoms with E-state index in [1.807, 2.05) is 13.8 Å². The van der Waals surface area contributed by atoms with Crippen molar-refractivity contribution >= 4 is 17.4 Å². The molecule has 3 heterocycles. The largest absolute Gasteiger partial charge is 0.387 e. The average molecular weight is 418 g/mol. The van der Waals surface area contributed by atoms with Crippen molar-refractivity contribution in [3.8, 4) is 11.3 Å². The number of hydrogen-bond donors (Lipinski definition) is 3. The molecule has 0 spiro atoms. The summed E-state index contributed by atoms with van der Waals surface area (Å²) in [6, 6.07) is 3.04. The lowest BCUT2D eigenvalue weighted by atomic mass is 10.0. The van der Waals surface area contributed by atoms with Crippen molar-refractivity contribution in [1.29, 1.82) is 0 Å². The number of aromatic nitrogens is 4. The molecule has 30 heavy (non-hydrogen) atoms. The Morgan fingerprint density at radius 3 is 2.70 bits per heavy atom. The van der Waals surface area contributed by atoms with Crippen molar-refractivity contribution in [2.75, 3.05) is 11.9 Å². The van der Waals surface area contributed by atoms with Crippen LogP contribution in [0, 0.1) is 5.82 Å². The average Bonchev–Trinajstić information content (AvgIpc) is 3.09. The maximum atomic E-state index is 14.1. The number of carbonyl (C=O) groups is 1. The number of amides is 1. The minimum atomic E-state index is -1.65. The van der Waals surface area contributed by atoms with Gasteiger partial charge in [-0.25, -0.2) is 13.8 Å². The molecular weight excluding hydrogens is 394 g/mol. The smallest absolute Gasteiger partial charge is 0.256 e. The fourth-order valence-corrected chi connectivity index (χ4v) is 2.75. The van der Waals surface area contributed by atoms with Gasteiger partial charge in [-0.05, 0) is 33.8 Å². The lowest BCUT2D eigenvalue weighted by Crippen LogP contribution is -2.42. The fraction of sp³-hybridized carbons (Fsp3) is 0.400. The van der Waals surface area contributed by atoms with Crippen LogP contribution in [0.4, 0.5) is 14.6 Å². The third-order valence-electron chi connectivity index (χ3n) is 4.41. The second-order valence-electron chi connectivity index (χ2n) is 7.81. The molecular formula is C20H24F2N6O2. The number of halogens is 2. The van der Waals surface area contributed by atoms with E-state index in [1.54, 1.807) is 6.07 Å². The van der Waals surface area contributed by atoms with Gasteiger partial charge < -0.3 is 15.7 Å². The Balaban J connectivity index is 2.00. The zero-order chi connectivity index (χ0) is 22.1. The molecule has 0 saturated carbocycles. The zero-order valence-electron chi connectivity index (χ0n) is 17.1. The van der Waals surface area contributed by atoms with E-state index >= 15 is 0 Å². The molecule has 0 aromatic carbocycles. The van der Waals surface area contributed by atoms with Gasteiger partial charge in [-0.2, -0.15) is 9.61 Å². The topological polar surface area (TPSA) is 104 Å². The van der Waals surface area contributed by atoms with Crippen molar-refractivity contribution in [2.45, 2.75) is 45.5 Å². The van der Waals surface area contributed by atoms with Gasteiger partial charge in [0.1, 0.15) is 17.6 Å². The number of aliphatic hydroxyl groups is 1. The van der Waals surface area contributed by atoms with Gasteiger partial charge in [0.05, 0.1) is 24.0 Å². The van der Waals surface area contributed by atoms with Gasteiger partial charge in [0.2, 0.25) is 0 Å². The number of pyridine rings is 1. The minimum Gasteiger partial charge on any atom is -0.387 e. The number of nitrogens with one attached hydrogen (secondary N) is 2. The molecule has 0 fully saturated rings. The van der Waals surface area contributed by atoms with E-state index in [1.165, 1.54) is 36.8 Å². The molecule has 0 saturated heterocycles. The van der Waals surface area contributed by atoms with E-state index in [9.17, 15) is 18.7 Å². The first-order valence-corrected chi connectivity index (χ1v) is 9.47. The van der Waals surface area contributed by atoms with E-state index in [0.29, 0.717) is 17.2 Å². The lowest BCUT2D eigenvalue weighted by Gasteiger charge is -2.22. The van der Waals surface area contributed by atoms with Gasteiger partial charge in [0, 0.05) is 30.1 Å². The number of carbonyl (C=O) groups excluding carboxylic acids is 1. The summed E-state index contributed by atoms with van der Waals surface area (Å²) in [5, 5.41) is 19.7. The first kappa shape index (κ1) is 21.6. The third-order valence-corrected chi connectivity index (χ3v) is 4.41. The molecule has 3 aromatic rings. The third kappa shape index (κ3) is 4.54. The summed E-state index contributed by atoms with van der Waals surface area (Å²) in [4.78, 5) is 20.7. The molecule has 1 amide bonds. The summed E-state index contributed by atoms with van der Waals surface area (Å²) in [5.74, 6) is -0.767. The molecule has 1 atom stereocenters. The van der Waals surface area contributed by atoms with E-state index < -0.39 is 23.5 Å². The van der Waals surface area contributed by atoms with Crippen molar-refractivity contribution in [2.24, 2.45) is 0 Å². The number of rotatable bonds is 7. The first-order chi connectivity index (χ1) is 14.1. The molecule has 10 heteroatoms. The van der Waals surface area contributed by atoms with Crippen LogP contribution in [0.15, 0.2) is 30.7 Å². The Morgan fingerprint density at radius 1 is 1.33 bits per heavy atom. The van der Waals surface area contributed by atoms with Crippen LogP contribution in [0.5, 0.6) is 0 Å². The predicted molar refractivity (Wildman–Crippen MR) is 108 cm³/mol. The molecule has 0 bridgehead atoms. The molecule has 160 valence electrons. The summed E-state index contributed by atoms with van der Waals surface area (Å²) in [6.45, 7) is 6.05. The Morgan fingerprint density at radius 2 is 2.07 bits per heavy atom. The van der Waals surface area contributed by atoms with Crippen molar-refractivity contribution in [1.82, 2.24) is 24.9 Å². The monoisotopic (exact) mass is 418 g/mol. The van der Waals surface area contributed by atoms with Crippen LogP contribution in [0.25, 0.3) is 16.9 Å². The highest BCUT2D eigenvalue weighted by molar-refractivity contribution is 5.99. The molecule has 0 aliphatic carbocycles. The predicted octanol–water partition coefficient (Wildman–Crippen LogP) is 2.59. The van der Waals surface area contributed by atoms with E-state index in [4.69, 9.17) is 0 Å². The summed E-state index contributed by atoms with van der Waals surface area (Å²) in [5.41, 5.74) is -0.454. The van der Waals surface area contributed by atoms with Crippen molar-refractivity contribution in [3.05, 3.63) is 42.1 Å². The Kier molecular flexibility index (Phi) is 5.97. The lowest BCUT2D eigenvalue weighted by molar-refractivity contribution is -0.00177. The van der Waals surface area contributed by atoms with Crippen LogP contribution in [-0.2, 0) is 0 Å². The highest BCUT2D eigenvalue weighted by atomic mass is 19.1. The highest BCUT2D eigenvalue weighted by Gasteiger charge is 2.27. The van der Waals surface area contributed by atoms with Crippen molar-refractivity contribution in [3.63, 3.8) is 0 Å². The van der Waals surface area contributed by atoms with Gasteiger partial charge in [0.15, 0.2) is 11.5 Å². The van der Waals surface area contributed by atoms with E-state index in [2.05, 4.69) is 25.7 Å². The van der Waals surface area contributed by atoms with Crippen LogP contribution in [0.1, 0.15) is 38.1 Å². The maximum absolute atomic E-state index is 14.1. The van der Waals surface area contributed by atoms with Gasteiger partial charge in [0.25, 0.3) is 5.91 Å². The number of alkyl halides is 1. The SMILES string of the molecule is CC(C)Nc1c(C(=O)NCC(F)C(C)(C)O)cnc2cc(-c3ccncc3F)nn12. The summed E-state index contributed by atoms with van der Waals surface area (Å²) in [7, 11) is 0. The molecule has 1 unspecified atom stereocenters. The van der Waals surface area contributed by atoms with Crippen molar-refractivity contribution < 1.29 is 18.7 Å². The molecule has 3 rings (SSSR count). The molecule has 0 radical (unpaired) electrons. The number of fused-ring (bicyclic) bond motifs is 1. The standard InChI is InChI=1S/C20H24F2N6O2/c1-11(2)26-18-13(19(29)25-10-16(22)20(3,4)30)8-24-17-7-15(27-28(17)18)12-5-6-23-9-14(12)21/h5-9,11,16,26,30H,10H2,1-4H3,(H,25,29). The molecule has 3 aromatic heterocycles. The second-order valence-corrected chi connectivity index (χ2v) is 7.81. The van der Waals surface area contributed by atoms with Gasteiger partial charge in [-0.15, -0.1) is 0 Å². The van der Waals surface area contributed by atoms with Gasteiger partial charge in [-0.3, -0.25) is 9.78 Å². The van der Waals surface area contributed by atoms with Crippen LogP contribution in [0.2, 0.25) is 0 Å². The highest BCUT2D eigenvalue weighted by Crippen LogP contribution is 2.25. The second kappa shape index (κ2) is 8.31.